The lowest BCUT2D eigenvalue weighted by Crippen LogP contribution is -2.43. The third-order valence-electron chi connectivity index (χ3n) is 6.48. The van der Waals surface area contributed by atoms with Crippen LogP contribution in [0.4, 0.5) is 11.4 Å². The summed E-state index contributed by atoms with van der Waals surface area (Å²) in [5.74, 6) is -0.257. The van der Waals surface area contributed by atoms with Gasteiger partial charge in [0.15, 0.2) is 0 Å². The SMILES string of the molecule is Nc1ccccc1NC(=O)/C=C/c1ccc(C(NCc2ccccc2)C(=O)NC2CCCCC2)cc1. The lowest BCUT2D eigenvalue weighted by atomic mass is 9.94. The fourth-order valence-corrected chi connectivity index (χ4v) is 4.47. The van der Waals surface area contributed by atoms with Gasteiger partial charge in [0, 0.05) is 18.7 Å². The highest BCUT2D eigenvalue weighted by Crippen LogP contribution is 2.21. The molecule has 1 fully saturated rings. The van der Waals surface area contributed by atoms with E-state index in [1.54, 1.807) is 18.2 Å². The fourth-order valence-electron chi connectivity index (χ4n) is 4.47. The van der Waals surface area contributed by atoms with Crippen LogP contribution in [0, 0.1) is 0 Å². The van der Waals surface area contributed by atoms with Crippen molar-refractivity contribution in [1.29, 1.82) is 0 Å². The molecule has 6 heteroatoms. The van der Waals surface area contributed by atoms with Crippen molar-refractivity contribution in [2.45, 2.75) is 50.7 Å². The number of carbonyl (C=O) groups is 2. The third kappa shape index (κ3) is 7.30. The predicted octanol–water partition coefficient (Wildman–Crippen LogP) is 5.20. The van der Waals surface area contributed by atoms with E-state index in [4.69, 9.17) is 5.73 Å². The van der Waals surface area contributed by atoms with E-state index in [-0.39, 0.29) is 17.9 Å². The molecule has 0 bridgehead atoms. The van der Waals surface area contributed by atoms with Crippen LogP contribution in [0.1, 0.15) is 54.8 Å². The van der Waals surface area contributed by atoms with E-state index in [9.17, 15) is 9.59 Å². The Morgan fingerprint density at radius 1 is 0.889 bits per heavy atom. The first-order valence-corrected chi connectivity index (χ1v) is 12.6. The molecule has 1 aliphatic rings. The lowest BCUT2D eigenvalue weighted by molar-refractivity contribution is -0.124. The number of para-hydroxylation sites is 2. The Hall–Kier alpha value is -3.90. The summed E-state index contributed by atoms with van der Waals surface area (Å²) in [5, 5.41) is 9.48. The van der Waals surface area contributed by atoms with Crippen LogP contribution in [0.15, 0.2) is 84.9 Å². The second-order valence-corrected chi connectivity index (χ2v) is 9.22. The summed E-state index contributed by atoms with van der Waals surface area (Å²) < 4.78 is 0. The van der Waals surface area contributed by atoms with Crippen LogP contribution in [-0.2, 0) is 16.1 Å². The van der Waals surface area contributed by atoms with Crippen LogP contribution >= 0.6 is 0 Å². The predicted molar refractivity (Wildman–Crippen MR) is 146 cm³/mol. The van der Waals surface area contributed by atoms with Crippen LogP contribution in [0.25, 0.3) is 6.08 Å². The number of nitrogens with two attached hydrogens (primary N) is 1. The second-order valence-electron chi connectivity index (χ2n) is 9.22. The lowest BCUT2D eigenvalue weighted by Gasteiger charge is -2.26. The molecule has 2 amide bonds. The average molecular weight is 483 g/mol. The van der Waals surface area contributed by atoms with E-state index >= 15 is 0 Å². The van der Waals surface area contributed by atoms with Crippen LogP contribution in [-0.4, -0.2) is 17.9 Å². The molecule has 5 N–H and O–H groups in total. The quantitative estimate of drug-likeness (QED) is 0.249. The first-order chi connectivity index (χ1) is 17.6. The van der Waals surface area contributed by atoms with Crippen molar-refractivity contribution >= 4 is 29.3 Å². The van der Waals surface area contributed by atoms with Gasteiger partial charge in [-0.3, -0.25) is 14.9 Å². The van der Waals surface area contributed by atoms with Crippen LogP contribution < -0.4 is 21.7 Å². The molecule has 1 aliphatic carbocycles. The largest absolute Gasteiger partial charge is 0.397 e. The molecule has 6 nitrogen and oxygen atoms in total. The van der Waals surface area contributed by atoms with E-state index in [1.807, 2.05) is 66.7 Å². The van der Waals surface area contributed by atoms with Gasteiger partial charge in [-0.05, 0) is 47.7 Å². The molecule has 36 heavy (non-hydrogen) atoms. The Morgan fingerprint density at radius 2 is 1.58 bits per heavy atom. The minimum atomic E-state index is -0.463. The third-order valence-corrected chi connectivity index (χ3v) is 6.48. The van der Waals surface area contributed by atoms with Crippen LogP contribution in [0.5, 0.6) is 0 Å². The number of amides is 2. The summed E-state index contributed by atoms with van der Waals surface area (Å²) in [6.07, 6.45) is 8.87. The zero-order valence-electron chi connectivity index (χ0n) is 20.5. The number of hydrogen-bond donors (Lipinski definition) is 4. The Kier molecular flexibility index (Phi) is 8.89. The highest BCUT2D eigenvalue weighted by atomic mass is 16.2. The molecule has 186 valence electrons. The number of carbonyl (C=O) groups excluding carboxylic acids is 2. The number of anilines is 2. The van der Waals surface area contributed by atoms with E-state index in [0.717, 1.165) is 29.5 Å². The Balaban J connectivity index is 1.43. The van der Waals surface area contributed by atoms with Crippen molar-refractivity contribution < 1.29 is 9.59 Å². The summed E-state index contributed by atoms with van der Waals surface area (Å²) in [5.41, 5.74) is 9.86. The molecule has 1 saturated carbocycles. The maximum atomic E-state index is 13.3. The molecule has 1 unspecified atom stereocenters. The second kappa shape index (κ2) is 12.7. The molecular formula is C30H34N4O2. The number of nitrogen functional groups attached to an aromatic ring is 1. The fraction of sp³-hybridized carbons (Fsp3) is 0.267. The smallest absolute Gasteiger partial charge is 0.248 e. The summed E-state index contributed by atoms with van der Waals surface area (Å²) in [6.45, 7) is 0.591. The Bertz CT molecular complexity index is 1170. The molecule has 0 heterocycles. The molecule has 0 aromatic heterocycles. The highest BCUT2D eigenvalue weighted by Gasteiger charge is 2.24. The highest BCUT2D eigenvalue weighted by molar-refractivity contribution is 6.03. The standard InChI is InChI=1S/C30H34N4O2/c31-26-13-7-8-14-27(26)34-28(35)20-17-22-15-18-24(19-16-22)29(32-21-23-9-3-1-4-10-23)30(36)33-25-11-5-2-6-12-25/h1,3-4,7-10,13-20,25,29,32H,2,5-6,11-12,21,31H2,(H,33,36)(H,34,35)/b20-17+. The Labute approximate surface area is 213 Å². The van der Waals surface area contributed by atoms with Crippen molar-refractivity contribution in [3.05, 3.63) is 102 Å². The molecule has 1 atom stereocenters. The number of benzene rings is 3. The van der Waals surface area contributed by atoms with Crippen LogP contribution in [0.2, 0.25) is 0 Å². The van der Waals surface area contributed by atoms with E-state index in [1.165, 1.54) is 25.3 Å². The van der Waals surface area contributed by atoms with Gasteiger partial charge in [0.25, 0.3) is 0 Å². The molecule has 0 radical (unpaired) electrons. The molecule has 0 aliphatic heterocycles. The van der Waals surface area contributed by atoms with Gasteiger partial charge in [-0.15, -0.1) is 0 Å². The average Bonchev–Trinajstić information content (AvgIpc) is 2.91. The van der Waals surface area contributed by atoms with Gasteiger partial charge in [0.05, 0.1) is 11.4 Å². The molecular weight excluding hydrogens is 448 g/mol. The normalized spacial score (nSPS) is 14.9. The van der Waals surface area contributed by atoms with Gasteiger partial charge in [0.2, 0.25) is 11.8 Å². The molecule has 0 saturated heterocycles. The molecule has 4 rings (SSSR count). The number of nitrogens with one attached hydrogen (secondary N) is 3. The van der Waals surface area contributed by atoms with E-state index in [2.05, 4.69) is 16.0 Å². The molecule has 0 spiro atoms. The first kappa shape index (κ1) is 25.2. The van der Waals surface area contributed by atoms with Gasteiger partial charge in [-0.2, -0.15) is 0 Å². The van der Waals surface area contributed by atoms with Crippen molar-refractivity contribution in [3.8, 4) is 0 Å². The van der Waals surface area contributed by atoms with Crippen molar-refractivity contribution in [3.63, 3.8) is 0 Å². The van der Waals surface area contributed by atoms with Crippen LogP contribution in [0.3, 0.4) is 0 Å². The van der Waals surface area contributed by atoms with Gasteiger partial charge in [-0.25, -0.2) is 0 Å². The summed E-state index contributed by atoms with van der Waals surface area (Å²) in [4.78, 5) is 25.6. The van der Waals surface area contributed by atoms with Gasteiger partial charge < -0.3 is 16.4 Å². The summed E-state index contributed by atoms with van der Waals surface area (Å²) >= 11 is 0. The number of hydrogen-bond acceptors (Lipinski definition) is 4. The summed E-state index contributed by atoms with van der Waals surface area (Å²) in [6, 6.07) is 24.7. The summed E-state index contributed by atoms with van der Waals surface area (Å²) in [7, 11) is 0. The first-order valence-electron chi connectivity index (χ1n) is 12.6. The van der Waals surface area contributed by atoms with Gasteiger partial charge in [-0.1, -0.05) is 86.0 Å². The maximum absolute atomic E-state index is 13.3. The van der Waals surface area contributed by atoms with Crippen molar-refractivity contribution in [2.75, 3.05) is 11.1 Å². The van der Waals surface area contributed by atoms with Gasteiger partial charge >= 0.3 is 0 Å². The van der Waals surface area contributed by atoms with Crippen molar-refractivity contribution in [2.24, 2.45) is 0 Å². The maximum Gasteiger partial charge on any atom is 0.248 e. The topological polar surface area (TPSA) is 96.2 Å². The van der Waals surface area contributed by atoms with E-state index < -0.39 is 6.04 Å². The van der Waals surface area contributed by atoms with E-state index in [0.29, 0.717) is 17.9 Å². The minimum Gasteiger partial charge on any atom is -0.397 e. The Morgan fingerprint density at radius 3 is 2.31 bits per heavy atom. The van der Waals surface area contributed by atoms with Gasteiger partial charge in [0.1, 0.15) is 6.04 Å². The number of rotatable bonds is 9. The van der Waals surface area contributed by atoms with Crippen molar-refractivity contribution in [1.82, 2.24) is 10.6 Å². The zero-order chi connectivity index (χ0) is 25.2. The minimum absolute atomic E-state index is 0.000880. The zero-order valence-corrected chi connectivity index (χ0v) is 20.5. The monoisotopic (exact) mass is 482 g/mol. The molecule has 3 aromatic rings. The molecule has 3 aromatic carbocycles.